The molecule has 0 fully saturated rings. The zero-order valence-electron chi connectivity index (χ0n) is 11.7. The summed E-state index contributed by atoms with van der Waals surface area (Å²) in [6.45, 7) is 3.19. The predicted octanol–water partition coefficient (Wildman–Crippen LogP) is 1.57. The van der Waals surface area contributed by atoms with Crippen LogP contribution in [0.15, 0.2) is 24.3 Å². The molecule has 0 saturated carbocycles. The number of ether oxygens (including phenoxy) is 1. The lowest BCUT2D eigenvalue weighted by Gasteiger charge is -2.27. The summed E-state index contributed by atoms with van der Waals surface area (Å²) in [5.41, 5.74) is 0.0287. The van der Waals surface area contributed by atoms with E-state index in [2.05, 4.69) is 17.9 Å². The average molecular weight is 297 g/mol. The number of benzene rings is 1. The summed E-state index contributed by atoms with van der Waals surface area (Å²) < 4.78 is 4.87. The Bertz CT molecular complexity index is 506. The van der Waals surface area contributed by atoms with Crippen molar-refractivity contribution in [2.75, 3.05) is 12.9 Å². The number of amides is 1. The summed E-state index contributed by atoms with van der Waals surface area (Å²) >= 11 is 4.20. The number of hydrogen-bond donors (Lipinski definition) is 3. The van der Waals surface area contributed by atoms with Gasteiger partial charge >= 0.3 is 5.97 Å². The standard InChI is InChI=1S/C14H19NO4S/c1-9-6-4-5-7-10(9)11(8-20)12(16)15-14(2,19-3)13(17)18/h4-7,11,20H,8H2,1-3H3,(H,15,16)(H,17,18)/t11?,14-/m1/s1. The van der Waals surface area contributed by atoms with Crippen molar-refractivity contribution >= 4 is 24.5 Å². The fourth-order valence-corrected chi connectivity index (χ4v) is 2.18. The number of rotatable bonds is 6. The van der Waals surface area contributed by atoms with Crippen LogP contribution in [0.5, 0.6) is 0 Å². The topological polar surface area (TPSA) is 75.6 Å². The van der Waals surface area contributed by atoms with Gasteiger partial charge in [-0.2, -0.15) is 12.6 Å². The van der Waals surface area contributed by atoms with Crippen LogP contribution in [0.25, 0.3) is 0 Å². The fourth-order valence-electron chi connectivity index (χ4n) is 1.81. The molecule has 6 heteroatoms. The molecular formula is C14H19NO4S. The molecule has 1 aromatic rings. The van der Waals surface area contributed by atoms with Gasteiger partial charge < -0.3 is 15.2 Å². The first-order chi connectivity index (χ1) is 9.35. The molecular weight excluding hydrogens is 278 g/mol. The van der Waals surface area contributed by atoms with Gasteiger partial charge in [0.25, 0.3) is 0 Å². The van der Waals surface area contributed by atoms with Crippen molar-refractivity contribution in [2.45, 2.75) is 25.5 Å². The molecule has 1 unspecified atom stereocenters. The number of aliphatic carboxylic acids is 1. The largest absolute Gasteiger partial charge is 0.478 e. The Kier molecular flexibility index (Phi) is 5.59. The molecule has 0 aliphatic heterocycles. The molecule has 0 heterocycles. The third-order valence-corrected chi connectivity index (χ3v) is 3.61. The number of methoxy groups -OCH3 is 1. The molecule has 110 valence electrons. The van der Waals surface area contributed by atoms with Crippen molar-refractivity contribution in [1.82, 2.24) is 5.32 Å². The summed E-state index contributed by atoms with van der Waals surface area (Å²) in [6, 6.07) is 7.44. The van der Waals surface area contributed by atoms with Gasteiger partial charge in [-0.15, -0.1) is 0 Å². The number of carboxylic acid groups (broad SMARTS) is 1. The van der Waals surface area contributed by atoms with Gasteiger partial charge in [-0.05, 0) is 25.0 Å². The molecule has 1 rings (SSSR count). The van der Waals surface area contributed by atoms with Gasteiger partial charge in [0.15, 0.2) is 0 Å². The molecule has 5 nitrogen and oxygen atoms in total. The van der Waals surface area contributed by atoms with Crippen LogP contribution in [0.4, 0.5) is 0 Å². The zero-order valence-corrected chi connectivity index (χ0v) is 12.6. The van der Waals surface area contributed by atoms with E-state index < -0.39 is 23.5 Å². The molecule has 1 aromatic carbocycles. The highest BCUT2D eigenvalue weighted by Crippen LogP contribution is 2.22. The zero-order chi connectivity index (χ0) is 15.3. The third-order valence-electron chi connectivity index (χ3n) is 3.24. The summed E-state index contributed by atoms with van der Waals surface area (Å²) in [7, 11) is 1.23. The number of nitrogens with one attached hydrogen (secondary N) is 1. The van der Waals surface area contributed by atoms with E-state index in [4.69, 9.17) is 9.84 Å². The van der Waals surface area contributed by atoms with Crippen molar-refractivity contribution in [3.8, 4) is 0 Å². The van der Waals surface area contributed by atoms with Gasteiger partial charge in [0, 0.05) is 12.9 Å². The molecule has 2 atom stereocenters. The Balaban J connectivity index is 3.00. The molecule has 0 radical (unpaired) electrons. The van der Waals surface area contributed by atoms with E-state index in [0.29, 0.717) is 0 Å². The van der Waals surface area contributed by atoms with Crippen LogP contribution in [0.1, 0.15) is 24.0 Å². The lowest BCUT2D eigenvalue weighted by molar-refractivity contribution is -0.167. The maximum absolute atomic E-state index is 12.3. The van der Waals surface area contributed by atoms with Crippen LogP contribution in [-0.2, 0) is 14.3 Å². The summed E-state index contributed by atoms with van der Waals surface area (Å²) in [5, 5.41) is 11.5. The molecule has 0 aliphatic carbocycles. The van der Waals surface area contributed by atoms with Crippen molar-refractivity contribution in [1.29, 1.82) is 0 Å². The molecule has 1 amide bonds. The van der Waals surface area contributed by atoms with Crippen molar-refractivity contribution in [3.05, 3.63) is 35.4 Å². The molecule has 20 heavy (non-hydrogen) atoms. The normalized spacial score (nSPS) is 15.2. The molecule has 2 N–H and O–H groups in total. The van der Waals surface area contributed by atoms with Gasteiger partial charge in [-0.3, -0.25) is 4.79 Å². The third kappa shape index (κ3) is 3.52. The Hall–Kier alpha value is -1.53. The van der Waals surface area contributed by atoms with E-state index >= 15 is 0 Å². The molecule has 0 bridgehead atoms. The van der Waals surface area contributed by atoms with Crippen molar-refractivity contribution in [3.63, 3.8) is 0 Å². The van der Waals surface area contributed by atoms with Gasteiger partial charge in [0.1, 0.15) is 0 Å². The van der Waals surface area contributed by atoms with E-state index in [1.54, 1.807) is 0 Å². The molecule has 0 aromatic heterocycles. The summed E-state index contributed by atoms with van der Waals surface area (Å²) in [4.78, 5) is 23.4. The smallest absolute Gasteiger partial charge is 0.357 e. The monoisotopic (exact) mass is 297 g/mol. The first kappa shape index (κ1) is 16.5. The fraction of sp³-hybridized carbons (Fsp3) is 0.429. The summed E-state index contributed by atoms with van der Waals surface area (Å²) in [5.74, 6) is -1.94. The Labute approximate surface area is 123 Å². The number of carbonyl (C=O) groups excluding carboxylic acids is 1. The van der Waals surface area contributed by atoms with E-state index in [9.17, 15) is 9.59 Å². The molecule has 0 saturated heterocycles. The van der Waals surface area contributed by atoms with Crippen molar-refractivity contribution in [2.24, 2.45) is 0 Å². The van der Waals surface area contributed by atoms with E-state index in [1.165, 1.54) is 14.0 Å². The minimum Gasteiger partial charge on any atom is -0.478 e. The highest BCUT2D eigenvalue weighted by molar-refractivity contribution is 7.80. The maximum atomic E-state index is 12.3. The second-order valence-electron chi connectivity index (χ2n) is 4.62. The lowest BCUT2D eigenvalue weighted by Crippen LogP contribution is -2.55. The molecule has 0 aliphatic rings. The summed E-state index contributed by atoms with van der Waals surface area (Å²) in [6.07, 6.45) is 0. The van der Waals surface area contributed by atoms with Gasteiger partial charge in [0.2, 0.25) is 11.6 Å². The first-order valence-corrected chi connectivity index (χ1v) is 6.76. The Morgan fingerprint density at radius 1 is 1.45 bits per heavy atom. The second-order valence-corrected chi connectivity index (χ2v) is 4.99. The second kappa shape index (κ2) is 6.76. The van der Waals surface area contributed by atoms with E-state index in [-0.39, 0.29) is 5.75 Å². The van der Waals surface area contributed by atoms with Crippen molar-refractivity contribution < 1.29 is 19.4 Å². The Morgan fingerprint density at radius 2 is 2.05 bits per heavy atom. The lowest BCUT2D eigenvalue weighted by atomic mass is 9.95. The van der Waals surface area contributed by atoms with E-state index in [0.717, 1.165) is 11.1 Å². The number of aryl methyl sites for hydroxylation is 1. The number of hydrogen-bond acceptors (Lipinski definition) is 4. The number of thiol groups is 1. The number of carbonyl (C=O) groups is 2. The van der Waals surface area contributed by atoms with Crippen LogP contribution in [0.3, 0.4) is 0 Å². The van der Waals surface area contributed by atoms with E-state index in [1.807, 2.05) is 31.2 Å². The first-order valence-electron chi connectivity index (χ1n) is 6.12. The Morgan fingerprint density at radius 3 is 2.50 bits per heavy atom. The van der Waals surface area contributed by atoms with Gasteiger partial charge in [0.05, 0.1) is 5.92 Å². The van der Waals surface area contributed by atoms with Crippen LogP contribution in [-0.4, -0.2) is 35.6 Å². The molecule has 0 spiro atoms. The van der Waals surface area contributed by atoms with Gasteiger partial charge in [-0.25, -0.2) is 4.79 Å². The maximum Gasteiger partial charge on any atom is 0.357 e. The van der Waals surface area contributed by atoms with Crippen LogP contribution < -0.4 is 5.32 Å². The van der Waals surface area contributed by atoms with Crippen LogP contribution in [0.2, 0.25) is 0 Å². The quantitative estimate of drug-likeness (QED) is 0.550. The van der Waals surface area contributed by atoms with Crippen LogP contribution in [0, 0.1) is 6.92 Å². The highest BCUT2D eigenvalue weighted by atomic mass is 32.1. The number of carboxylic acids is 1. The highest BCUT2D eigenvalue weighted by Gasteiger charge is 2.37. The van der Waals surface area contributed by atoms with Gasteiger partial charge in [-0.1, -0.05) is 24.3 Å². The average Bonchev–Trinajstić information content (AvgIpc) is 2.41. The minimum absolute atomic E-state index is 0.274. The SMILES string of the molecule is CO[C@@](C)(NC(=O)C(CS)c1ccccc1C)C(=O)O. The predicted molar refractivity (Wildman–Crippen MR) is 79.0 cm³/mol. The minimum atomic E-state index is -1.75. The van der Waals surface area contributed by atoms with Crippen LogP contribution >= 0.6 is 12.6 Å².